The van der Waals surface area contributed by atoms with E-state index in [0.717, 1.165) is 23.3 Å². The van der Waals surface area contributed by atoms with E-state index >= 15 is 0 Å². The number of phenolic OH excluding ortho intramolecular Hbond substituents is 1. The summed E-state index contributed by atoms with van der Waals surface area (Å²) in [6.07, 6.45) is 0.544. The Labute approximate surface area is 192 Å². The Morgan fingerprint density at radius 1 is 1.15 bits per heavy atom. The number of amides is 1. The summed E-state index contributed by atoms with van der Waals surface area (Å²) in [6.45, 7) is 9.93. The number of aliphatic hydroxyl groups is 1. The lowest BCUT2D eigenvalue weighted by Crippen LogP contribution is -2.30. The summed E-state index contributed by atoms with van der Waals surface area (Å²) in [7, 11) is 0. The number of aromatic hydroxyl groups is 1. The van der Waals surface area contributed by atoms with E-state index in [9.17, 15) is 29.9 Å². The van der Waals surface area contributed by atoms with Crippen LogP contribution in [0.15, 0.2) is 42.0 Å². The van der Waals surface area contributed by atoms with Crippen LogP contribution in [0.2, 0.25) is 0 Å². The molecule has 2 aromatic carbocycles. The van der Waals surface area contributed by atoms with Crippen LogP contribution in [-0.2, 0) is 15.0 Å². The fraction of sp³-hybridized carbons (Fsp3) is 0.360. The van der Waals surface area contributed by atoms with Gasteiger partial charge in [-0.3, -0.25) is 19.7 Å². The quantitative estimate of drug-likeness (QED) is 0.222. The summed E-state index contributed by atoms with van der Waals surface area (Å²) in [5.74, 6) is -2.47. The van der Waals surface area contributed by atoms with Gasteiger partial charge in [0.05, 0.1) is 16.5 Å². The number of carbonyl (C=O) groups is 2. The second kappa shape index (κ2) is 8.69. The Morgan fingerprint density at radius 2 is 1.82 bits per heavy atom. The first-order chi connectivity index (χ1) is 15.4. The molecule has 3 rings (SSSR count). The Morgan fingerprint density at radius 3 is 2.39 bits per heavy atom. The smallest absolute Gasteiger partial charge is 0.311 e. The van der Waals surface area contributed by atoms with Crippen molar-refractivity contribution in [1.29, 1.82) is 0 Å². The lowest BCUT2D eigenvalue weighted by Gasteiger charge is -2.25. The molecule has 1 atom stereocenters. The Hall–Kier alpha value is -3.68. The normalized spacial score (nSPS) is 18.1. The molecular formula is C25H28N2O6. The van der Waals surface area contributed by atoms with E-state index in [-0.39, 0.29) is 28.9 Å². The van der Waals surface area contributed by atoms with Crippen molar-refractivity contribution < 1.29 is 24.7 Å². The second-order valence-corrected chi connectivity index (χ2v) is 9.28. The molecule has 0 bridgehead atoms. The van der Waals surface area contributed by atoms with Crippen LogP contribution in [-0.4, -0.2) is 38.3 Å². The van der Waals surface area contributed by atoms with Gasteiger partial charge in [0.15, 0.2) is 5.75 Å². The van der Waals surface area contributed by atoms with Gasteiger partial charge in [0.1, 0.15) is 5.76 Å². The van der Waals surface area contributed by atoms with Gasteiger partial charge in [0, 0.05) is 18.2 Å². The first-order valence-electron chi connectivity index (χ1n) is 10.8. The van der Waals surface area contributed by atoms with Crippen molar-refractivity contribution in [2.45, 2.75) is 52.5 Å². The fourth-order valence-corrected chi connectivity index (χ4v) is 4.04. The standard InChI is InChI=1S/C25H28N2O6/c1-6-11-26-21(15-8-10-19(28)18(12-15)27(32)33)20(23(30)24(26)31)22(29)17-13-16(25(3,4)5)9-7-14(17)2/h7-10,12-13,21,28-29H,6,11H2,1-5H3/b22-20+. The second-order valence-electron chi connectivity index (χ2n) is 9.28. The topological polar surface area (TPSA) is 121 Å². The number of aryl methyl sites for hydroxylation is 1. The number of nitro groups is 1. The number of nitrogens with zero attached hydrogens (tertiary/aromatic N) is 2. The zero-order valence-corrected chi connectivity index (χ0v) is 19.4. The van der Waals surface area contributed by atoms with Crippen molar-refractivity contribution in [3.8, 4) is 5.75 Å². The largest absolute Gasteiger partial charge is 0.507 e. The summed E-state index contributed by atoms with van der Waals surface area (Å²) in [5.41, 5.74) is 1.47. The van der Waals surface area contributed by atoms with Crippen molar-refractivity contribution in [2.75, 3.05) is 6.54 Å². The first kappa shape index (κ1) is 24.0. The molecule has 8 nitrogen and oxygen atoms in total. The Bertz CT molecular complexity index is 1180. The van der Waals surface area contributed by atoms with E-state index in [1.54, 1.807) is 13.0 Å². The number of benzene rings is 2. The van der Waals surface area contributed by atoms with Gasteiger partial charge in [-0.15, -0.1) is 0 Å². The minimum Gasteiger partial charge on any atom is -0.507 e. The summed E-state index contributed by atoms with van der Waals surface area (Å²) in [6, 6.07) is 8.30. The molecule has 1 fully saturated rings. The van der Waals surface area contributed by atoms with Gasteiger partial charge in [-0.1, -0.05) is 45.9 Å². The highest BCUT2D eigenvalue weighted by Gasteiger charge is 2.46. The summed E-state index contributed by atoms with van der Waals surface area (Å²) >= 11 is 0. The van der Waals surface area contributed by atoms with Gasteiger partial charge in [-0.05, 0) is 47.6 Å². The Balaban J connectivity index is 2.29. The van der Waals surface area contributed by atoms with E-state index in [2.05, 4.69) is 0 Å². The number of rotatable bonds is 5. The van der Waals surface area contributed by atoms with E-state index in [1.807, 2.05) is 39.8 Å². The number of aliphatic hydroxyl groups excluding tert-OH is 1. The van der Waals surface area contributed by atoms with Crippen molar-refractivity contribution in [3.63, 3.8) is 0 Å². The lowest BCUT2D eigenvalue weighted by atomic mass is 9.84. The van der Waals surface area contributed by atoms with Gasteiger partial charge < -0.3 is 15.1 Å². The number of likely N-dealkylation sites (tertiary alicyclic amines) is 1. The molecule has 2 aromatic rings. The summed E-state index contributed by atoms with van der Waals surface area (Å²) in [4.78, 5) is 37.9. The molecule has 1 heterocycles. The summed E-state index contributed by atoms with van der Waals surface area (Å²) in [5, 5.41) is 32.6. The van der Waals surface area contributed by atoms with Crippen LogP contribution in [0.4, 0.5) is 5.69 Å². The molecular weight excluding hydrogens is 424 g/mol. The van der Waals surface area contributed by atoms with Gasteiger partial charge in [-0.25, -0.2) is 0 Å². The van der Waals surface area contributed by atoms with Crippen LogP contribution in [0, 0.1) is 17.0 Å². The van der Waals surface area contributed by atoms with Crippen LogP contribution < -0.4 is 0 Å². The maximum absolute atomic E-state index is 13.1. The highest BCUT2D eigenvalue weighted by molar-refractivity contribution is 6.46. The predicted octanol–water partition coefficient (Wildman–Crippen LogP) is 4.74. The number of phenols is 1. The van der Waals surface area contributed by atoms with Gasteiger partial charge >= 0.3 is 5.69 Å². The molecule has 0 aliphatic carbocycles. The molecule has 174 valence electrons. The maximum Gasteiger partial charge on any atom is 0.311 e. The molecule has 1 amide bonds. The highest BCUT2D eigenvalue weighted by atomic mass is 16.6. The van der Waals surface area contributed by atoms with Gasteiger partial charge in [-0.2, -0.15) is 0 Å². The van der Waals surface area contributed by atoms with Crippen molar-refractivity contribution in [2.24, 2.45) is 0 Å². The minimum absolute atomic E-state index is 0.123. The molecule has 2 N–H and O–H groups in total. The van der Waals surface area contributed by atoms with Crippen LogP contribution in [0.5, 0.6) is 5.75 Å². The monoisotopic (exact) mass is 452 g/mol. The molecule has 33 heavy (non-hydrogen) atoms. The number of hydrogen-bond donors (Lipinski definition) is 2. The van der Waals surface area contributed by atoms with Gasteiger partial charge in [0.2, 0.25) is 0 Å². The first-order valence-corrected chi connectivity index (χ1v) is 10.8. The molecule has 8 heteroatoms. The molecule has 0 saturated carbocycles. The van der Waals surface area contributed by atoms with Crippen LogP contribution in [0.1, 0.15) is 62.4 Å². The van der Waals surface area contributed by atoms with Crippen LogP contribution >= 0.6 is 0 Å². The van der Waals surface area contributed by atoms with E-state index < -0.39 is 34.1 Å². The molecule has 1 unspecified atom stereocenters. The minimum atomic E-state index is -1.01. The predicted molar refractivity (Wildman–Crippen MR) is 124 cm³/mol. The maximum atomic E-state index is 13.1. The third-order valence-corrected chi connectivity index (χ3v) is 5.88. The van der Waals surface area contributed by atoms with Crippen molar-refractivity contribution in [3.05, 3.63) is 74.3 Å². The highest BCUT2D eigenvalue weighted by Crippen LogP contribution is 2.42. The van der Waals surface area contributed by atoms with Crippen LogP contribution in [0.3, 0.4) is 0 Å². The third-order valence-electron chi connectivity index (χ3n) is 5.88. The van der Waals surface area contributed by atoms with E-state index in [0.29, 0.717) is 12.0 Å². The van der Waals surface area contributed by atoms with Crippen molar-refractivity contribution >= 4 is 23.1 Å². The number of Topliss-reactive ketones (excluding diaryl/α,β-unsaturated/α-hetero) is 1. The summed E-state index contributed by atoms with van der Waals surface area (Å²) < 4.78 is 0. The van der Waals surface area contributed by atoms with E-state index in [1.165, 1.54) is 11.0 Å². The van der Waals surface area contributed by atoms with Crippen molar-refractivity contribution in [1.82, 2.24) is 4.90 Å². The molecule has 1 aliphatic rings. The number of hydrogen-bond acceptors (Lipinski definition) is 6. The Kier molecular flexibility index (Phi) is 6.31. The average molecular weight is 453 g/mol. The fourth-order valence-electron chi connectivity index (χ4n) is 4.04. The molecule has 0 aromatic heterocycles. The molecule has 1 saturated heterocycles. The number of nitro benzene ring substituents is 1. The lowest BCUT2D eigenvalue weighted by molar-refractivity contribution is -0.385. The van der Waals surface area contributed by atoms with E-state index in [4.69, 9.17) is 0 Å². The molecule has 0 spiro atoms. The molecule has 0 radical (unpaired) electrons. The molecule has 1 aliphatic heterocycles. The average Bonchev–Trinajstić information content (AvgIpc) is 2.98. The van der Waals surface area contributed by atoms with Crippen LogP contribution in [0.25, 0.3) is 5.76 Å². The van der Waals surface area contributed by atoms with Gasteiger partial charge in [0.25, 0.3) is 11.7 Å². The zero-order valence-electron chi connectivity index (χ0n) is 19.4. The SMILES string of the molecule is CCCN1C(=O)C(=O)/C(=C(/O)c2cc(C(C)(C)C)ccc2C)C1c1ccc(O)c([N+](=O)[O-])c1. The third kappa shape index (κ3) is 4.33. The number of ketones is 1. The zero-order chi connectivity index (χ0) is 24.7. The number of carbonyl (C=O) groups excluding carboxylic acids is 2.